The smallest absolute Gasteiger partial charge is 0.360 e. The zero-order chi connectivity index (χ0) is 15.4. The van der Waals surface area contributed by atoms with Gasteiger partial charge in [0, 0.05) is 6.20 Å². The molecule has 2 aromatic heterocycles. The average molecular weight is 300 g/mol. The van der Waals surface area contributed by atoms with Crippen molar-refractivity contribution in [1.29, 1.82) is 0 Å². The first-order valence-corrected chi connectivity index (χ1v) is 7.72. The molecule has 1 aliphatic rings. The van der Waals surface area contributed by atoms with Crippen LogP contribution in [-0.2, 0) is 11.3 Å². The molecule has 0 radical (unpaired) electrons. The molecule has 22 heavy (non-hydrogen) atoms. The number of rotatable bonds is 4. The van der Waals surface area contributed by atoms with Gasteiger partial charge in [-0.3, -0.25) is 4.98 Å². The monoisotopic (exact) mass is 300 g/mol. The maximum absolute atomic E-state index is 12.1. The van der Waals surface area contributed by atoms with Gasteiger partial charge in [-0.2, -0.15) is 0 Å². The summed E-state index contributed by atoms with van der Waals surface area (Å²) in [4.78, 5) is 16.4. The van der Waals surface area contributed by atoms with Gasteiger partial charge in [-0.25, -0.2) is 9.48 Å². The van der Waals surface area contributed by atoms with E-state index in [4.69, 9.17) is 4.74 Å². The topological polar surface area (TPSA) is 69.9 Å². The lowest BCUT2D eigenvalue weighted by Crippen LogP contribution is -2.24. The van der Waals surface area contributed by atoms with Crippen LogP contribution in [0, 0.1) is 5.92 Å². The highest BCUT2D eigenvalue weighted by molar-refractivity contribution is 5.86. The fraction of sp³-hybridized carbons (Fsp3) is 0.500. The number of ether oxygens (including phenoxy) is 1. The Labute approximate surface area is 129 Å². The van der Waals surface area contributed by atoms with Crippen LogP contribution in [0.25, 0.3) is 0 Å². The molecule has 3 rings (SSSR count). The molecule has 0 aromatic carbocycles. The van der Waals surface area contributed by atoms with Crippen molar-refractivity contribution >= 4 is 5.97 Å². The van der Waals surface area contributed by atoms with Crippen LogP contribution in [0.4, 0.5) is 0 Å². The van der Waals surface area contributed by atoms with Crippen molar-refractivity contribution < 1.29 is 9.53 Å². The molecule has 0 spiro atoms. The van der Waals surface area contributed by atoms with Crippen molar-refractivity contribution in [1.82, 2.24) is 20.0 Å². The Morgan fingerprint density at radius 2 is 2.32 bits per heavy atom. The molecule has 0 saturated heterocycles. The number of esters is 1. The van der Waals surface area contributed by atoms with E-state index in [2.05, 4.69) is 22.2 Å². The van der Waals surface area contributed by atoms with Crippen LogP contribution in [0.1, 0.15) is 48.8 Å². The second-order valence-electron chi connectivity index (χ2n) is 5.92. The van der Waals surface area contributed by atoms with Crippen molar-refractivity contribution in [2.75, 3.05) is 0 Å². The molecule has 6 heteroatoms. The first kappa shape index (κ1) is 14.7. The molecule has 0 unspecified atom stereocenters. The van der Waals surface area contributed by atoms with Crippen molar-refractivity contribution in [3.63, 3.8) is 0 Å². The normalized spacial score (nSPS) is 21.5. The minimum absolute atomic E-state index is 0.0113. The lowest BCUT2D eigenvalue weighted by Gasteiger charge is -2.26. The predicted octanol–water partition coefficient (Wildman–Crippen LogP) is 2.46. The number of aromatic nitrogens is 4. The number of carbonyl (C=O) groups excluding carboxylic acids is 1. The third kappa shape index (κ3) is 3.69. The van der Waals surface area contributed by atoms with Crippen molar-refractivity contribution in [3.05, 3.63) is 42.0 Å². The lowest BCUT2D eigenvalue weighted by atomic mass is 9.89. The summed E-state index contributed by atoms with van der Waals surface area (Å²) in [7, 11) is 0. The van der Waals surface area contributed by atoms with Gasteiger partial charge >= 0.3 is 5.97 Å². The van der Waals surface area contributed by atoms with E-state index in [1.54, 1.807) is 17.1 Å². The molecule has 116 valence electrons. The summed E-state index contributed by atoms with van der Waals surface area (Å²) in [5, 5.41) is 7.87. The number of pyridine rings is 1. The summed E-state index contributed by atoms with van der Waals surface area (Å²) in [6.07, 6.45) is 7.57. The predicted molar refractivity (Wildman–Crippen MR) is 80.2 cm³/mol. The highest BCUT2D eigenvalue weighted by Crippen LogP contribution is 2.26. The van der Waals surface area contributed by atoms with E-state index in [-0.39, 0.29) is 17.8 Å². The largest absolute Gasteiger partial charge is 0.458 e. The summed E-state index contributed by atoms with van der Waals surface area (Å²) >= 11 is 0. The van der Waals surface area contributed by atoms with Crippen LogP contribution in [0.3, 0.4) is 0 Å². The molecule has 6 nitrogen and oxygen atoms in total. The summed E-state index contributed by atoms with van der Waals surface area (Å²) in [5.41, 5.74) is 1.13. The van der Waals surface area contributed by atoms with E-state index in [9.17, 15) is 4.79 Å². The molecular formula is C16H20N4O2. The first-order valence-electron chi connectivity index (χ1n) is 7.72. The Morgan fingerprint density at radius 3 is 3.09 bits per heavy atom. The maximum atomic E-state index is 12.1. The van der Waals surface area contributed by atoms with Crippen LogP contribution >= 0.6 is 0 Å². The molecule has 0 bridgehead atoms. The minimum atomic E-state index is -0.383. The van der Waals surface area contributed by atoms with Gasteiger partial charge in [-0.1, -0.05) is 24.6 Å². The van der Waals surface area contributed by atoms with Crippen molar-refractivity contribution in [2.45, 2.75) is 45.3 Å². The van der Waals surface area contributed by atoms with Gasteiger partial charge in [0.05, 0.1) is 18.4 Å². The van der Waals surface area contributed by atoms with Crippen LogP contribution in [-0.4, -0.2) is 32.1 Å². The SMILES string of the molecule is C[C@@H]1CCC[C@H](OC(=O)c2cn(Cc3ccccn3)nn2)C1. The molecule has 2 aromatic rings. The highest BCUT2D eigenvalue weighted by atomic mass is 16.5. The fourth-order valence-corrected chi connectivity index (χ4v) is 2.82. The van der Waals surface area contributed by atoms with Gasteiger partial charge in [-0.15, -0.1) is 5.10 Å². The summed E-state index contributed by atoms with van der Waals surface area (Å²) in [6.45, 7) is 2.69. The second kappa shape index (κ2) is 6.68. The maximum Gasteiger partial charge on any atom is 0.360 e. The Balaban J connectivity index is 1.59. The molecular weight excluding hydrogens is 280 g/mol. The van der Waals surface area contributed by atoms with Crippen LogP contribution in [0.15, 0.2) is 30.6 Å². The standard InChI is InChI=1S/C16H20N4O2/c1-12-5-4-7-14(9-12)22-16(21)15-11-20(19-18-15)10-13-6-2-3-8-17-13/h2-3,6,8,11-12,14H,4-5,7,9-10H2,1H3/t12-,14+/m1/s1. The lowest BCUT2D eigenvalue weighted by molar-refractivity contribution is 0.0148. The zero-order valence-electron chi connectivity index (χ0n) is 12.7. The van der Waals surface area contributed by atoms with Gasteiger partial charge in [0.1, 0.15) is 6.10 Å². The van der Waals surface area contributed by atoms with Crippen LogP contribution < -0.4 is 0 Å². The highest BCUT2D eigenvalue weighted by Gasteiger charge is 2.24. The third-order valence-electron chi connectivity index (χ3n) is 3.96. The van der Waals surface area contributed by atoms with E-state index < -0.39 is 0 Å². The van der Waals surface area contributed by atoms with Gasteiger partial charge in [0.15, 0.2) is 5.69 Å². The van der Waals surface area contributed by atoms with Crippen LogP contribution in [0.2, 0.25) is 0 Å². The zero-order valence-corrected chi connectivity index (χ0v) is 12.7. The Bertz CT molecular complexity index is 626. The van der Waals surface area contributed by atoms with E-state index in [1.165, 1.54) is 6.42 Å². The third-order valence-corrected chi connectivity index (χ3v) is 3.96. The van der Waals surface area contributed by atoms with E-state index in [0.29, 0.717) is 12.5 Å². The van der Waals surface area contributed by atoms with Gasteiger partial charge in [0.25, 0.3) is 0 Å². The second-order valence-corrected chi connectivity index (χ2v) is 5.92. The summed E-state index contributed by atoms with van der Waals surface area (Å²) in [5.74, 6) is 0.234. The molecule has 2 atom stereocenters. The molecule has 2 heterocycles. The molecule has 1 aliphatic carbocycles. The van der Waals surface area contributed by atoms with E-state index >= 15 is 0 Å². The Hall–Kier alpha value is -2.24. The minimum Gasteiger partial charge on any atom is -0.458 e. The number of nitrogens with zero attached hydrogens (tertiary/aromatic N) is 4. The quantitative estimate of drug-likeness (QED) is 0.811. The summed E-state index contributed by atoms with van der Waals surface area (Å²) < 4.78 is 7.14. The van der Waals surface area contributed by atoms with Crippen LogP contribution in [0.5, 0.6) is 0 Å². The van der Waals surface area contributed by atoms with Crippen molar-refractivity contribution in [2.24, 2.45) is 5.92 Å². The Kier molecular flexibility index (Phi) is 4.46. The number of carbonyl (C=O) groups is 1. The average Bonchev–Trinajstić information content (AvgIpc) is 2.97. The Morgan fingerprint density at radius 1 is 1.41 bits per heavy atom. The number of hydrogen-bond acceptors (Lipinski definition) is 5. The fourth-order valence-electron chi connectivity index (χ4n) is 2.82. The molecule has 0 amide bonds. The molecule has 1 saturated carbocycles. The summed E-state index contributed by atoms with van der Waals surface area (Å²) in [6, 6.07) is 5.68. The van der Waals surface area contributed by atoms with E-state index in [1.807, 2.05) is 18.2 Å². The number of hydrogen-bond donors (Lipinski definition) is 0. The van der Waals surface area contributed by atoms with Gasteiger partial charge in [0.2, 0.25) is 0 Å². The van der Waals surface area contributed by atoms with Crippen molar-refractivity contribution in [3.8, 4) is 0 Å². The molecule has 0 N–H and O–H groups in total. The van der Waals surface area contributed by atoms with E-state index in [0.717, 1.165) is 25.0 Å². The molecule has 1 fully saturated rings. The molecule has 0 aliphatic heterocycles. The first-order chi connectivity index (χ1) is 10.7. The van der Waals surface area contributed by atoms with Gasteiger partial charge in [-0.05, 0) is 37.3 Å². The van der Waals surface area contributed by atoms with Gasteiger partial charge < -0.3 is 4.74 Å².